The van der Waals surface area contributed by atoms with E-state index in [1.165, 1.54) is 0 Å². The molecule has 0 atom stereocenters. The Bertz CT molecular complexity index is 479. The molecule has 0 aromatic heterocycles. The molecule has 1 aromatic carbocycles. The molecule has 1 N–H and O–H groups in total. The quantitative estimate of drug-likeness (QED) is 0.832. The predicted molar refractivity (Wildman–Crippen MR) is 60.0 cm³/mol. The van der Waals surface area contributed by atoms with Gasteiger partial charge in [0.15, 0.2) is 0 Å². The minimum Gasteiger partial charge on any atom is -0.288 e. The summed E-state index contributed by atoms with van der Waals surface area (Å²) in [6.07, 6.45) is 0.546. The third kappa shape index (κ3) is 1.72. The molecule has 1 aliphatic heterocycles. The van der Waals surface area contributed by atoms with E-state index in [9.17, 15) is 9.59 Å². The summed E-state index contributed by atoms with van der Waals surface area (Å²) in [5.74, 6) is -0.642. The smallest absolute Gasteiger partial charge is 0.259 e. The van der Waals surface area contributed by atoms with Crippen molar-refractivity contribution in [1.82, 2.24) is 5.32 Å². The van der Waals surface area contributed by atoms with Crippen LogP contribution >= 0.6 is 15.9 Å². The van der Waals surface area contributed by atoms with Crippen molar-refractivity contribution >= 4 is 27.7 Å². The molecule has 76 valence electrons. The second-order valence-corrected chi connectivity index (χ2v) is 4.44. The van der Waals surface area contributed by atoms with E-state index < -0.39 is 0 Å². The lowest BCUT2D eigenvalue weighted by Gasteiger charge is -2.03. The van der Waals surface area contributed by atoms with E-state index in [4.69, 9.17) is 0 Å². The Morgan fingerprint density at radius 2 is 2.07 bits per heavy atom. The van der Waals surface area contributed by atoms with Gasteiger partial charge in [0.2, 0.25) is 0 Å². The van der Waals surface area contributed by atoms with Gasteiger partial charge in [-0.25, -0.2) is 0 Å². The first kappa shape index (κ1) is 10.1. The maximum Gasteiger partial charge on any atom is 0.259 e. The molecule has 2 rings (SSSR count). The molecule has 1 aliphatic rings. The van der Waals surface area contributed by atoms with Gasteiger partial charge in [0, 0.05) is 6.42 Å². The van der Waals surface area contributed by atoms with Crippen LogP contribution in [0.5, 0.6) is 0 Å². The monoisotopic (exact) mass is 265 g/mol. The number of amides is 2. The van der Waals surface area contributed by atoms with Crippen LogP contribution in [0.15, 0.2) is 29.3 Å². The molecule has 0 saturated heterocycles. The van der Waals surface area contributed by atoms with Crippen molar-refractivity contribution in [2.24, 2.45) is 0 Å². The molecule has 0 fully saturated rings. The second-order valence-electron chi connectivity index (χ2n) is 3.32. The first-order valence-electron chi connectivity index (χ1n) is 4.40. The molecule has 0 unspecified atom stereocenters. The largest absolute Gasteiger partial charge is 0.288 e. The summed E-state index contributed by atoms with van der Waals surface area (Å²) in [4.78, 5) is 22.8. The first-order valence-corrected chi connectivity index (χ1v) is 5.19. The van der Waals surface area contributed by atoms with Gasteiger partial charge in [-0.3, -0.25) is 14.9 Å². The van der Waals surface area contributed by atoms with Gasteiger partial charge < -0.3 is 0 Å². The van der Waals surface area contributed by atoms with Crippen molar-refractivity contribution in [2.75, 3.05) is 0 Å². The SMILES string of the molecule is C=C(Br)Cc1cccc2c1C(=O)NC2=O. The minimum absolute atomic E-state index is 0.320. The fraction of sp³-hybridized carbons (Fsp3) is 0.0909. The number of hydrogen-bond donors (Lipinski definition) is 1. The highest BCUT2D eigenvalue weighted by Gasteiger charge is 2.28. The number of allylic oxidation sites excluding steroid dienone is 1. The number of rotatable bonds is 2. The van der Waals surface area contributed by atoms with Crippen LogP contribution < -0.4 is 5.32 Å². The average molecular weight is 266 g/mol. The summed E-state index contributed by atoms with van der Waals surface area (Å²) >= 11 is 3.24. The molecule has 0 spiro atoms. The van der Waals surface area contributed by atoms with Crippen LogP contribution in [0.3, 0.4) is 0 Å². The fourth-order valence-electron chi connectivity index (χ4n) is 1.64. The number of halogens is 1. The number of benzene rings is 1. The van der Waals surface area contributed by atoms with Crippen molar-refractivity contribution in [2.45, 2.75) is 6.42 Å². The van der Waals surface area contributed by atoms with Crippen LogP contribution in [0.4, 0.5) is 0 Å². The lowest BCUT2D eigenvalue weighted by Crippen LogP contribution is -2.20. The molecule has 1 heterocycles. The van der Waals surface area contributed by atoms with Gasteiger partial charge in [-0.1, -0.05) is 34.6 Å². The van der Waals surface area contributed by atoms with Gasteiger partial charge in [0.1, 0.15) is 0 Å². The van der Waals surface area contributed by atoms with Crippen LogP contribution in [0, 0.1) is 0 Å². The standard InChI is InChI=1S/C11H8BrNO2/c1-6(12)5-7-3-2-4-8-9(7)11(15)13-10(8)14/h2-4H,1,5H2,(H,13,14,15). The third-order valence-corrected chi connectivity index (χ3v) is 2.51. The lowest BCUT2D eigenvalue weighted by molar-refractivity contribution is 0.0879. The average Bonchev–Trinajstić information content (AvgIpc) is 2.43. The van der Waals surface area contributed by atoms with E-state index >= 15 is 0 Å². The zero-order valence-corrected chi connectivity index (χ0v) is 9.43. The minimum atomic E-state index is -0.322. The molecule has 0 aliphatic carbocycles. The van der Waals surface area contributed by atoms with E-state index in [1.807, 2.05) is 6.07 Å². The van der Waals surface area contributed by atoms with Crippen molar-refractivity contribution in [3.8, 4) is 0 Å². The van der Waals surface area contributed by atoms with Gasteiger partial charge in [-0.2, -0.15) is 0 Å². The van der Waals surface area contributed by atoms with Gasteiger partial charge >= 0.3 is 0 Å². The van der Waals surface area contributed by atoms with E-state index in [-0.39, 0.29) is 11.8 Å². The van der Waals surface area contributed by atoms with Crippen LogP contribution in [-0.2, 0) is 6.42 Å². The van der Waals surface area contributed by atoms with E-state index in [2.05, 4.69) is 27.8 Å². The second kappa shape index (κ2) is 3.62. The molecule has 1 aromatic rings. The normalized spacial score (nSPS) is 13.7. The number of fused-ring (bicyclic) bond motifs is 1. The highest BCUT2D eigenvalue weighted by Crippen LogP contribution is 2.23. The maximum absolute atomic E-state index is 11.5. The number of carbonyl (C=O) groups is 2. The van der Waals surface area contributed by atoms with Gasteiger partial charge in [-0.15, -0.1) is 0 Å². The Morgan fingerprint density at radius 1 is 1.33 bits per heavy atom. The molecule has 0 bridgehead atoms. The summed E-state index contributed by atoms with van der Waals surface area (Å²) in [6.45, 7) is 3.72. The van der Waals surface area contributed by atoms with Crippen molar-refractivity contribution < 1.29 is 9.59 Å². The Balaban J connectivity index is 2.55. The van der Waals surface area contributed by atoms with E-state index in [1.54, 1.807) is 12.1 Å². The summed E-state index contributed by atoms with van der Waals surface area (Å²) in [7, 11) is 0. The number of hydrogen-bond acceptors (Lipinski definition) is 2. The molecular weight excluding hydrogens is 258 g/mol. The van der Waals surface area contributed by atoms with Gasteiger partial charge in [0.05, 0.1) is 11.1 Å². The summed E-state index contributed by atoms with van der Waals surface area (Å²) < 4.78 is 0.781. The molecule has 3 nitrogen and oxygen atoms in total. The highest BCUT2D eigenvalue weighted by atomic mass is 79.9. The highest BCUT2D eigenvalue weighted by molar-refractivity contribution is 9.11. The maximum atomic E-state index is 11.5. The topological polar surface area (TPSA) is 46.2 Å². The molecule has 0 saturated carbocycles. The lowest BCUT2D eigenvalue weighted by atomic mass is 10.0. The predicted octanol–water partition coefficient (Wildman–Crippen LogP) is 2.02. The van der Waals surface area contributed by atoms with E-state index in [0.717, 1.165) is 10.0 Å². The van der Waals surface area contributed by atoms with Crippen molar-refractivity contribution in [3.63, 3.8) is 0 Å². The molecular formula is C11H8BrNO2. The zero-order valence-electron chi connectivity index (χ0n) is 7.84. The first-order chi connectivity index (χ1) is 7.09. The molecule has 4 heteroatoms. The van der Waals surface area contributed by atoms with Crippen LogP contribution in [0.2, 0.25) is 0 Å². The van der Waals surface area contributed by atoms with Crippen LogP contribution in [0.1, 0.15) is 26.3 Å². The van der Waals surface area contributed by atoms with Gasteiger partial charge in [0.25, 0.3) is 11.8 Å². The molecule has 15 heavy (non-hydrogen) atoms. The third-order valence-electron chi connectivity index (χ3n) is 2.23. The van der Waals surface area contributed by atoms with Gasteiger partial charge in [-0.05, 0) is 16.1 Å². The Hall–Kier alpha value is -1.42. The van der Waals surface area contributed by atoms with E-state index in [0.29, 0.717) is 17.5 Å². The number of carbonyl (C=O) groups excluding carboxylic acids is 2. The zero-order chi connectivity index (χ0) is 11.0. The number of nitrogens with one attached hydrogen (secondary N) is 1. The Morgan fingerprint density at radius 3 is 2.73 bits per heavy atom. The summed E-state index contributed by atoms with van der Waals surface area (Å²) in [6, 6.07) is 5.24. The van der Waals surface area contributed by atoms with Crippen LogP contribution in [-0.4, -0.2) is 11.8 Å². The summed E-state index contributed by atoms with van der Waals surface area (Å²) in [5, 5.41) is 2.27. The number of imide groups is 1. The molecule has 0 radical (unpaired) electrons. The Kier molecular flexibility index (Phi) is 2.44. The van der Waals surface area contributed by atoms with Crippen LogP contribution in [0.25, 0.3) is 0 Å². The summed E-state index contributed by atoms with van der Waals surface area (Å²) in [5.41, 5.74) is 1.74. The molecule has 2 amide bonds. The Labute approximate surface area is 95.3 Å². The fourth-order valence-corrected chi connectivity index (χ4v) is 1.95. The van der Waals surface area contributed by atoms with Crippen molar-refractivity contribution in [1.29, 1.82) is 0 Å². The van der Waals surface area contributed by atoms with Crippen molar-refractivity contribution in [3.05, 3.63) is 46.0 Å².